The van der Waals surface area contributed by atoms with E-state index in [1.807, 2.05) is 31.2 Å². The molecule has 0 saturated carbocycles. The molecule has 0 saturated heterocycles. The zero-order valence-corrected chi connectivity index (χ0v) is 15.9. The highest BCUT2D eigenvalue weighted by molar-refractivity contribution is 5.91. The van der Waals surface area contributed by atoms with Crippen molar-refractivity contribution in [1.29, 1.82) is 0 Å². The molecule has 4 heteroatoms. The minimum Gasteiger partial charge on any atom is -0.497 e. The first-order chi connectivity index (χ1) is 12.4. The zero-order chi connectivity index (χ0) is 19.5. The number of carbonyl (C=O) groups is 1. The minimum absolute atomic E-state index is 0.315. The van der Waals surface area contributed by atoms with Gasteiger partial charge in [-0.05, 0) is 67.8 Å². The number of rotatable bonds is 5. The van der Waals surface area contributed by atoms with Crippen LogP contribution < -0.4 is 9.47 Å². The number of hydrogen-bond acceptors (Lipinski definition) is 3. The van der Waals surface area contributed by atoms with Gasteiger partial charge in [0.15, 0.2) is 0 Å². The van der Waals surface area contributed by atoms with E-state index in [-0.39, 0.29) is 0 Å². The van der Waals surface area contributed by atoms with E-state index in [9.17, 15) is 4.79 Å². The maximum atomic E-state index is 10.5. The second kappa shape index (κ2) is 10.8. The second-order valence-electron chi connectivity index (χ2n) is 5.61. The van der Waals surface area contributed by atoms with Gasteiger partial charge in [0.25, 0.3) is 0 Å². The van der Waals surface area contributed by atoms with Crippen LogP contribution in [0.5, 0.6) is 11.5 Å². The molecular weight excluding hydrogens is 328 g/mol. The molecule has 0 fully saturated rings. The van der Waals surface area contributed by atoms with E-state index in [2.05, 4.69) is 25.1 Å². The Labute approximate surface area is 155 Å². The monoisotopic (exact) mass is 354 g/mol. The number of ether oxygens (including phenoxy) is 2. The summed E-state index contributed by atoms with van der Waals surface area (Å²) in [6.45, 7) is 5.70. The van der Waals surface area contributed by atoms with E-state index >= 15 is 0 Å². The van der Waals surface area contributed by atoms with Crippen LogP contribution in [0.4, 0.5) is 0 Å². The molecule has 0 amide bonds. The molecule has 0 unspecified atom stereocenters. The molecule has 0 aliphatic heterocycles. The first kappa shape index (κ1) is 21.0. The van der Waals surface area contributed by atoms with Crippen LogP contribution in [0.2, 0.25) is 0 Å². The first-order valence-corrected chi connectivity index (χ1v) is 8.24. The molecule has 0 aliphatic rings. The molecule has 0 bridgehead atoms. The number of hydrogen-bond donors (Lipinski definition) is 1. The number of carboxylic acids is 1. The molecule has 138 valence electrons. The SMILES string of the molecule is C/C=C(/C)c1ccc(OC)cc1.COc1ccc(/C=C(\C)C(=O)O)cc1. The van der Waals surface area contributed by atoms with Gasteiger partial charge < -0.3 is 14.6 Å². The fourth-order valence-corrected chi connectivity index (χ4v) is 2.03. The highest BCUT2D eigenvalue weighted by Gasteiger charge is 1.99. The third-order valence-electron chi connectivity index (χ3n) is 3.81. The van der Waals surface area contributed by atoms with Crippen molar-refractivity contribution in [2.24, 2.45) is 0 Å². The maximum absolute atomic E-state index is 10.5. The van der Waals surface area contributed by atoms with Crippen LogP contribution in [0.3, 0.4) is 0 Å². The molecule has 2 rings (SSSR count). The second-order valence-corrected chi connectivity index (χ2v) is 5.61. The molecule has 4 nitrogen and oxygen atoms in total. The third kappa shape index (κ3) is 6.85. The molecule has 26 heavy (non-hydrogen) atoms. The van der Waals surface area contributed by atoms with Crippen LogP contribution in [0.15, 0.2) is 60.2 Å². The van der Waals surface area contributed by atoms with Gasteiger partial charge in [0, 0.05) is 5.57 Å². The standard InChI is InChI=1S/C11H12O3.C11H14O/c1-8(11(12)13)7-9-3-5-10(14-2)6-4-9;1-4-9(2)10-5-7-11(12-3)8-6-10/h3-7H,1-2H3,(H,12,13);4-8H,1-3H3/b8-7+;9-4-. The van der Waals surface area contributed by atoms with E-state index in [1.165, 1.54) is 11.1 Å². The number of carboxylic acid groups (broad SMARTS) is 1. The molecule has 0 spiro atoms. The number of benzene rings is 2. The molecule has 0 radical (unpaired) electrons. The Balaban J connectivity index is 0.000000263. The van der Waals surface area contributed by atoms with Gasteiger partial charge >= 0.3 is 5.97 Å². The van der Waals surface area contributed by atoms with Crippen molar-refractivity contribution in [3.63, 3.8) is 0 Å². The highest BCUT2D eigenvalue weighted by atomic mass is 16.5. The lowest BCUT2D eigenvalue weighted by atomic mass is 10.1. The Bertz CT molecular complexity index is 754. The lowest BCUT2D eigenvalue weighted by Gasteiger charge is -2.02. The van der Waals surface area contributed by atoms with Crippen molar-refractivity contribution in [3.8, 4) is 11.5 Å². The fraction of sp³-hybridized carbons (Fsp3) is 0.227. The van der Waals surface area contributed by atoms with E-state index in [1.54, 1.807) is 39.4 Å². The lowest BCUT2D eigenvalue weighted by molar-refractivity contribution is -0.132. The van der Waals surface area contributed by atoms with Crippen LogP contribution in [0.1, 0.15) is 31.9 Å². The summed E-state index contributed by atoms with van der Waals surface area (Å²) in [6.07, 6.45) is 3.71. The topological polar surface area (TPSA) is 55.8 Å². The normalized spacial score (nSPS) is 11.3. The van der Waals surface area contributed by atoms with Crippen LogP contribution in [-0.2, 0) is 4.79 Å². The van der Waals surface area contributed by atoms with Gasteiger partial charge in [-0.3, -0.25) is 0 Å². The summed E-state index contributed by atoms with van der Waals surface area (Å²) in [5, 5.41) is 8.65. The summed E-state index contributed by atoms with van der Waals surface area (Å²) in [5.41, 5.74) is 3.71. The van der Waals surface area contributed by atoms with Gasteiger partial charge in [0.1, 0.15) is 11.5 Å². The summed E-state index contributed by atoms with van der Waals surface area (Å²) >= 11 is 0. The van der Waals surface area contributed by atoms with E-state index in [4.69, 9.17) is 14.6 Å². The zero-order valence-electron chi connectivity index (χ0n) is 15.9. The van der Waals surface area contributed by atoms with Crippen molar-refractivity contribution in [2.75, 3.05) is 14.2 Å². The minimum atomic E-state index is -0.902. The molecule has 0 heterocycles. The summed E-state index contributed by atoms with van der Waals surface area (Å²) < 4.78 is 10.0. The van der Waals surface area contributed by atoms with E-state index in [0.29, 0.717) is 5.57 Å². The summed E-state index contributed by atoms with van der Waals surface area (Å²) in [6, 6.07) is 15.3. The smallest absolute Gasteiger partial charge is 0.331 e. The molecule has 2 aromatic carbocycles. The molecule has 1 N–H and O–H groups in total. The van der Waals surface area contributed by atoms with Gasteiger partial charge in [-0.2, -0.15) is 0 Å². The van der Waals surface area contributed by atoms with Crippen LogP contribution in [0.25, 0.3) is 11.6 Å². The Morgan fingerprint density at radius 2 is 1.35 bits per heavy atom. The van der Waals surface area contributed by atoms with E-state index in [0.717, 1.165) is 17.1 Å². The molecule has 2 aromatic rings. The van der Waals surface area contributed by atoms with Gasteiger partial charge in [0.05, 0.1) is 14.2 Å². The number of methoxy groups -OCH3 is 2. The van der Waals surface area contributed by atoms with Crippen molar-refractivity contribution in [2.45, 2.75) is 20.8 Å². The quantitative estimate of drug-likeness (QED) is 0.740. The summed E-state index contributed by atoms with van der Waals surface area (Å²) in [7, 11) is 3.27. The van der Waals surface area contributed by atoms with Gasteiger partial charge in [0.2, 0.25) is 0 Å². The number of allylic oxidation sites excluding steroid dienone is 2. The number of aliphatic carboxylic acids is 1. The van der Waals surface area contributed by atoms with Gasteiger partial charge in [-0.25, -0.2) is 4.79 Å². The average Bonchev–Trinajstić information content (AvgIpc) is 2.68. The van der Waals surface area contributed by atoms with Crippen LogP contribution in [-0.4, -0.2) is 25.3 Å². The maximum Gasteiger partial charge on any atom is 0.331 e. The lowest BCUT2D eigenvalue weighted by Crippen LogP contribution is -1.95. The van der Waals surface area contributed by atoms with Crippen molar-refractivity contribution in [1.82, 2.24) is 0 Å². The highest BCUT2D eigenvalue weighted by Crippen LogP contribution is 2.17. The predicted molar refractivity (Wildman–Crippen MR) is 107 cm³/mol. The van der Waals surface area contributed by atoms with Crippen molar-refractivity contribution >= 4 is 17.6 Å². The fourth-order valence-electron chi connectivity index (χ4n) is 2.03. The Kier molecular flexibility index (Phi) is 8.71. The molecule has 0 aliphatic carbocycles. The Morgan fingerprint density at radius 3 is 1.73 bits per heavy atom. The summed E-state index contributed by atoms with van der Waals surface area (Å²) in [5.74, 6) is 0.763. The van der Waals surface area contributed by atoms with Gasteiger partial charge in [-0.15, -0.1) is 0 Å². The summed E-state index contributed by atoms with van der Waals surface area (Å²) in [4.78, 5) is 10.5. The third-order valence-corrected chi connectivity index (χ3v) is 3.81. The first-order valence-electron chi connectivity index (χ1n) is 8.24. The van der Waals surface area contributed by atoms with Gasteiger partial charge in [-0.1, -0.05) is 30.3 Å². The van der Waals surface area contributed by atoms with E-state index < -0.39 is 5.97 Å². The molecule has 0 aromatic heterocycles. The molecule has 0 atom stereocenters. The van der Waals surface area contributed by atoms with Crippen molar-refractivity contribution < 1.29 is 19.4 Å². The predicted octanol–water partition coefficient (Wildman–Crippen LogP) is 5.30. The molecular formula is C22H26O4. The van der Waals surface area contributed by atoms with Crippen LogP contribution >= 0.6 is 0 Å². The average molecular weight is 354 g/mol. The van der Waals surface area contributed by atoms with Crippen molar-refractivity contribution in [3.05, 3.63) is 71.3 Å². The largest absolute Gasteiger partial charge is 0.497 e. The van der Waals surface area contributed by atoms with Crippen LogP contribution in [0, 0.1) is 0 Å². The Morgan fingerprint density at radius 1 is 0.885 bits per heavy atom. The Hall–Kier alpha value is -3.01.